The van der Waals surface area contributed by atoms with Gasteiger partial charge >= 0.3 is 5.69 Å². The second-order valence-corrected chi connectivity index (χ2v) is 13.6. The Labute approximate surface area is 282 Å². The molecule has 4 heterocycles. The molecule has 1 amide bonds. The number of rotatable bonds is 9. The lowest BCUT2D eigenvalue weighted by molar-refractivity contribution is 0.0845. The monoisotopic (exact) mass is 654 g/mol. The van der Waals surface area contributed by atoms with Crippen molar-refractivity contribution in [2.75, 3.05) is 44.3 Å². The molecule has 2 aliphatic heterocycles. The number of aromatic nitrogens is 3. The van der Waals surface area contributed by atoms with Crippen LogP contribution in [0.2, 0.25) is 0 Å². The normalized spacial score (nSPS) is 16.5. The van der Waals surface area contributed by atoms with Crippen LogP contribution in [0.15, 0.2) is 39.9 Å². The third kappa shape index (κ3) is 6.12. The van der Waals surface area contributed by atoms with E-state index in [1.54, 1.807) is 4.57 Å². The topological polar surface area (TPSA) is 119 Å². The average molecular weight is 655 g/mol. The summed E-state index contributed by atoms with van der Waals surface area (Å²) in [6.45, 7) is 15.2. The van der Waals surface area contributed by atoms with E-state index in [1.807, 2.05) is 50.6 Å². The number of primary amides is 1. The lowest BCUT2D eigenvalue weighted by atomic mass is 9.86. The Hall–Kier alpha value is -4.15. The molecule has 10 nitrogen and oxygen atoms in total. The fourth-order valence-electron chi connectivity index (χ4n) is 8.15. The molecule has 256 valence electrons. The van der Waals surface area contributed by atoms with Gasteiger partial charge in [0.2, 0.25) is 5.91 Å². The zero-order chi connectivity index (χ0) is 34.3. The molecule has 4 aromatic rings. The fraction of sp³-hybridized carbons (Fsp3) is 0.500. The molecular weight excluding hydrogens is 604 g/mol. The first-order chi connectivity index (χ1) is 23.0. The van der Waals surface area contributed by atoms with E-state index in [4.69, 9.17) is 10.5 Å². The number of nitrogens with zero attached hydrogens (tertiary/aromatic N) is 4. The highest BCUT2D eigenvalue weighted by molar-refractivity contribution is 5.99. The number of fused-ring (bicyclic) bond motifs is 1. The highest BCUT2D eigenvalue weighted by atomic mass is 16.5. The standard InChI is InChI=1S/C38H50N6O4/c1-7-42-15-11-28(12-16-42)44-33-10-9-26(20-34(33)41(6)38(44)47)31-22-30(36(39)45)25(5)35(43(8-2)27-13-17-48-18-14-27)32(31)21-29-23(3)19-24(4)40-37(29)46/h9-10,19-20,22,27-28H,7-8,11-18,21H2,1-6H3,(H2,39,45)(H,40,46). The second-order valence-electron chi connectivity index (χ2n) is 13.6. The van der Waals surface area contributed by atoms with Crippen molar-refractivity contribution in [3.8, 4) is 11.1 Å². The summed E-state index contributed by atoms with van der Waals surface area (Å²) in [4.78, 5) is 48.1. The van der Waals surface area contributed by atoms with Gasteiger partial charge in [-0.25, -0.2) is 4.79 Å². The number of likely N-dealkylation sites (tertiary alicyclic amines) is 1. The van der Waals surface area contributed by atoms with Crippen molar-refractivity contribution >= 4 is 22.6 Å². The van der Waals surface area contributed by atoms with Gasteiger partial charge in [-0.05, 0) is 112 Å². The number of aromatic amines is 1. The molecule has 2 fully saturated rings. The number of pyridine rings is 1. The van der Waals surface area contributed by atoms with Gasteiger partial charge < -0.3 is 25.3 Å². The van der Waals surface area contributed by atoms with Crippen LogP contribution in [-0.2, 0) is 18.2 Å². The number of H-pyrrole nitrogens is 1. The quantitative estimate of drug-likeness (QED) is 0.263. The number of nitrogens with two attached hydrogens (primary N) is 1. The summed E-state index contributed by atoms with van der Waals surface area (Å²) in [5, 5.41) is 0. The number of ether oxygens (including phenoxy) is 1. The van der Waals surface area contributed by atoms with Crippen LogP contribution in [0.1, 0.15) is 83.9 Å². The summed E-state index contributed by atoms with van der Waals surface area (Å²) in [5.74, 6) is -0.494. The van der Waals surface area contributed by atoms with Crippen LogP contribution in [0.4, 0.5) is 5.69 Å². The maximum absolute atomic E-state index is 13.7. The Morgan fingerprint density at radius 2 is 1.69 bits per heavy atom. The van der Waals surface area contributed by atoms with Crippen LogP contribution in [0.5, 0.6) is 0 Å². The fourth-order valence-corrected chi connectivity index (χ4v) is 8.15. The summed E-state index contributed by atoms with van der Waals surface area (Å²) in [6, 6.07) is 10.4. The molecule has 0 aliphatic carbocycles. The Bertz CT molecular complexity index is 1960. The molecular formula is C38H50N6O4. The summed E-state index contributed by atoms with van der Waals surface area (Å²) in [6.07, 6.45) is 3.98. The van der Waals surface area contributed by atoms with Gasteiger partial charge in [-0.3, -0.25) is 18.7 Å². The largest absolute Gasteiger partial charge is 0.381 e. The molecule has 2 aromatic heterocycles. The summed E-state index contributed by atoms with van der Waals surface area (Å²) < 4.78 is 9.44. The maximum Gasteiger partial charge on any atom is 0.329 e. The minimum absolute atomic E-state index is 0.0155. The van der Waals surface area contributed by atoms with Gasteiger partial charge in [0.25, 0.3) is 5.56 Å². The predicted octanol–water partition coefficient (Wildman–Crippen LogP) is 4.97. The van der Waals surface area contributed by atoms with E-state index < -0.39 is 5.91 Å². The smallest absolute Gasteiger partial charge is 0.329 e. The molecule has 0 atom stereocenters. The van der Waals surface area contributed by atoms with Gasteiger partial charge in [-0.1, -0.05) is 13.0 Å². The number of hydrogen-bond acceptors (Lipinski definition) is 6. The zero-order valence-electron chi connectivity index (χ0n) is 29.3. The number of carbonyl (C=O) groups excluding carboxylic acids is 1. The SMILES string of the molecule is CCN1CCC(n2c(=O)n(C)c3cc(-c4cc(C(N)=O)c(C)c(N(CC)C5CCOCC5)c4Cc4c(C)cc(C)[nH]c4=O)ccc32)CC1. The van der Waals surface area contributed by atoms with Gasteiger partial charge in [0.15, 0.2) is 0 Å². The number of amides is 1. The molecule has 48 heavy (non-hydrogen) atoms. The van der Waals surface area contributed by atoms with E-state index in [-0.39, 0.29) is 23.3 Å². The Morgan fingerprint density at radius 1 is 0.979 bits per heavy atom. The third-order valence-electron chi connectivity index (χ3n) is 10.8. The van der Waals surface area contributed by atoms with Gasteiger partial charge in [-0.2, -0.15) is 0 Å². The molecule has 6 rings (SSSR count). The number of piperidine rings is 1. The number of imidazole rings is 1. The molecule has 0 unspecified atom stereocenters. The Morgan fingerprint density at radius 3 is 2.31 bits per heavy atom. The van der Waals surface area contributed by atoms with Crippen molar-refractivity contribution in [3.05, 3.63) is 84.7 Å². The van der Waals surface area contributed by atoms with E-state index in [0.29, 0.717) is 30.8 Å². The summed E-state index contributed by atoms with van der Waals surface area (Å²) in [7, 11) is 1.83. The number of carbonyl (C=O) groups is 1. The van der Waals surface area contributed by atoms with Crippen LogP contribution < -0.4 is 21.9 Å². The van der Waals surface area contributed by atoms with E-state index >= 15 is 0 Å². The number of aryl methyl sites for hydroxylation is 3. The predicted molar refractivity (Wildman–Crippen MR) is 192 cm³/mol. The first-order valence-corrected chi connectivity index (χ1v) is 17.5. The second kappa shape index (κ2) is 13.8. The Balaban J connectivity index is 1.59. The van der Waals surface area contributed by atoms with Crippen molar-refractivity contribution in [2.45, 2.75) is 78.8 Å². The molecule has 2 saturated heterocycles. The number of nitrogens with one attached hydrogen (secondary N) is 1. The summed E-state index contributed by atoms with van der Waals surface area (Å²) >= 11 is 0. The van der Waals surface area contributed by atoms with Crippen LogP contribution in [-0.4, -0.2) is 70.4 Å². The van der Waals surface area contributed by atoms with Gasteiger partial charge in [0.1, 0.15) is 0 Å². The lowest BCUT2D eigenvalue weighted by Crippen LogP contribution is -2.41. The van der Waals surface area contributed by atoms with Crippen LogP contribution in [0, 0.1) is 20.8 Å². The maximum atomic E-state index is 13.7. The highest BCUT2D eigenvalue weighted by Crippen LogP contribution is 2.41. The van der Waals surface area contributed by atoms with Gasteiger partial charge in [0, 0.05) is 80.9 Å². The van der Waals surface area contributed by atoms with Crippen LogP contribution >= 0.6 is 0 Å². The molecule has 0 spiro atoms. The first-order valence-electron chi connectivity index (χ1n) is 17.5. The van der Waals surface area contributed by atoms with Crippen molar-refractivity contribution in [1.82, 2.24) is 19.0 Å². The van der Waals surface area contributed by atoms with E-state index in [0.717, 1.165) is 102 Å². The third-order valence-corrected chi connectivity index (χ3v) is 10.8. The number of hydrogen-bond donors (Lipinski definition) is 2. The minimum Gasteiger partial charge on any atom is -0.381 e. The highest BCUT2D eigenvalue weighted by Gasteiger charge is 2.30. The van der Waals surface area contributed by atoms with E-state index in [2.05, 4.69) is 40.8 Å². The zero-order valence-corrected chi connectivity index (χ0v) is 29.3. The van der Waals surface area contributed by atoms with Crippen molar-refractivity contribution in [3.63, 3.8) is 0 Å². The van der Waals surface area contributed by atoms with Gasteiger partial charge in [0.05, 0.1) is 11.0 Å². The molecule has 2 aliphatic rings. The van der Waals surface area contributed by atoms with Gasteiger partial charge in [-0.15, -0.1) is 0 Å². The van der Waals surface area contributed by atoms with Crippen molar-refractivity contribution < 1.29 is 9.53 Å². The molecule has 3 N–H and O–H groups in total. The summed E-state index contributed by atoms with van der Waals surface area (Å²) in [5.41, 5.74) is 15.0. The Kier molecular flexibility index (Phi) is 9.67. The molecule has 0 bridgehead atoms. The van der Waals surface area contributed by atoms with E-state index in [9.17, 15) is 14.4 Å². The van der Waals surface area contributed by atoms with Crippen molar-refractivity contribution in [1.29, 1.82) is 0 Å². The minimum atomic E-state index is -0.494. The van der Waals surface area contributed by atoms with E-state index in [1.165, 1.54) is 0 Å². The molecule has 0 saturated carbocycles. The average Bonchev–Trinajstić information content (AvgIpc) is 3.32. The number of anilines is 1. The van der Waals surface area contributed by atoms with Crippen molar-refractivity contribution in [2.24, 2.45) is 12.8 Å². The first kappa shape index (κ1) is 33.7. The van der Waals surface area contributed by atoms with Crippen LogP contribution in [0.25, 0.3) is 22.2 Å². The molecule has 2 aromatic carbocycles. The van der Waals surface area contributed by atoms with Crippen LogP contribution in [0.3, 0.4) is 0 Å². The molecule has 0 radical (unpaired) electrons. The molecule has 10 heteroatoms. The lowest BCUT2D eigenvalue weighted by Gasteiger charge is -2.38. The number of benzene rings is 2.